The molecule has 1 aliphatic carbocycles. The molecule has 4 heteroatoms. The van der Waals surface area contributed by atoms with E-state index in [-0.39, 0.29) is 5.92 Å². The van der Waals surface area contributed by atoms with Gasteiger partial charge in [0.1, 0.15) is 5.75 Å². The molecule has 0 spiro atoms. The molecule has 33 heavy (non-hydrogen) atoms. The van der Waals surface area contributed by atoms with Gasteiger partial charge < -0.3 is 9.15 Å². The lowest BCUT2D eigenvalue weighted by Crippen LogP contribution is -1.98. The molecule has 1 aromatic heterocycles. The van der Waals surface area contributed by atoms with Crippen molar-refractivity contribution >= 4 is 0 Å². The van der Waals surface area contributed by atoms with Crippen LogP contribution in [0, 0.1) is 0 Å². The zero-order valence-electron chi connectivity index (χ0n) is 18.2. The molecule has 0 saturated heterocycles. The fourth-order valence-electron chi connectivity index (χ4n) is 4.67. The zero-order valence-corrected chi connectivity index (χ0v) is 18.2. The van der Waals surface area contributed by atoms with Crippen molar-refractivity contribution in [2.24, 2.45) is 0 Å². The summed E-state index contributed by atoms with van der Waals surface area (Å²) in [7, 11) is 0. The number of hydrogen-bond donors (Lipinski definition) is 0. The van der Waals surface area contributed by atoms with Crippen LogP contribution < -0.4 is 4.74 Å². The van der Waals surface area contributed by atoms with Gasteiger partial charge in [0.2, 0.25) is 11.8 Å². The molecule has 4 nitrogen and oxygen atoms in total. The summed E-state index contributed by atoms with van der Waals surface area (Å²) in [5.74, 6) is 2.00. The van der Waals surface area contributed by atoms with Gasteiger partial charge >= 0.3 is 0 Å². The summed E-state index contributed by atoms with van der Waals surface area (Å²) in [6.45, 7) is 2.57. The molecule has 1 heterocycles. The molecule has 0 atom stereocenters. The lowest BCUT2D eigenvalue weighted by Gasteiger charge is -2.14. The van der Waals surface area contributed by atoms with Gasteiger partial charge in [-0.15, -0.1) is 10.2 Å². The van der Waals surface area contributed by atoms with E-state index in [1.807, 2.05) is 31.2 Å². The minimum absolute atomic E-state index is 0.228. The number of nitrogens with zero attached hydrogens (tertiary/aromatic N) is 2. The largest absolute Gasteiger partial charge is 0.494 e. The van der Waals surface area contributed by atoms with Crippen LogP contribution in [0.1, 0.15) is 29.5 Å². The number of ether oxygens (including phenoxy) is 1. The van der Waals surface area contributed by atoms with E-state index in [1.165, 1.54) is 27.8 Å². The molecule has 0 amide bonds. The maximum Gasteiger partial charge on any atom is 0.248 e. The van der Waals surface area contributed by atoms with E-state index in [4.69, 9.17) is 9.15 Å². The van der Waals surface area contributed by atoms with E-state index in [2.05, 4.69) is 83.0 Å². The first-order chi connectivity index (χ1) is 16.3. The monoisotopic (exact) mass is 430 g/mol. The van der Waals surface area contributed by atoms with Crippen molar-refractivity contribution in [2.75, 3.05) is 6.61 Å². The summed E-state index contributed by atoms with van der Waals surface area (Å²) >= 11 is 0. The van der Waals surface area contributed by atoms with Gasteiger partial charge in [0.05, 0.1) is 6.61 Å². The first kappa shape index (κ1) is 19.5. The number of benzene rings is 4. The van der Waals surface area contributed by atoms with Crippen LogP contribution in [-0.2, 0) is 0 Å². The van der Waals surface area contributed by atoms with Crippen molar-refractivity contribution in [2.45, 2.75) is 12.8 Å². The Morgan fingerprint density at radius 3 is 2.00 bits per heavy atom. The van der Waals surface area contributed by atoms with Crippen LogP contribution in [0.5, 0.6) is 5.75 Å². The van der Waals surface area contributed by atoms with Gasteiger partial charge in [-0.05, 0) is 65.1 Å². The SMILES string of the molecule is CCOc1cccc(-c2nnc(-c3ccc(C4c5ccccc5-c5ccccc54)cc3)o2)c1. The maximum atomic E-state index is 5.99. The third-order valence-electron chi connectivity index (χ3n) is 6.14. The van der Waals surface area contributed by atoms with Crippen LogP contribution in [-0.4, -0.2) is 16.8 Å². The second kappa shape index (κ2) is 8.06. The Morgan fingerprint density at radius 1 is 0.697 bits per heavy atom. The van der Waals surface area contributed by atoms with Gasteiger partial charge in [0, 0.05) is 17.0 Å². The van der Waals surface area contributed by atoms with E-state index in [1.54, 1.807) is 0 Å². The van der Waals surface area contributed by atoms with Gasteiger partial charge in [-0.25, -0.2) is 0 Å². The smallest absolute Gasteiger partial charge is 0.248 e. The Hall–Kier alpha value is -4.18. The van der Waals surface area contributed by atoms with Crippen molar-refractivity contribution in [3.8, 4) is 39.8 Å². The Bertz CT molecular complexity index is 1390. The maximum absolute atomic E-state index is 5.99. The third kappa shape index (κ3) is 3.40. The molecule has 0 saturated carbocycles. The van der Waals surface area contributed by atoms with E-state index in [0.29, 0.717) is 18.4 Å². The van der Waals surface area contributed by atoms with Gasteiger partial charge in [-0.3, -0.25) is 0 Å². The number of rotatable bonds is 5. The van der Waals surface area contributed by atoms with Crippen LogP contribution in [0.15, 0.2) is 101 Å². The van der Waals surface area contributed by atoms with Crippen LogP contribution in [0.4, 0.5) is 0 Å². The third-order valence-corrected chi connectivity index (χ3v) is 6.14. The quantitative estimate of drug-likeness (QED) is 0.296. The molecular formula is C29H22N2O2. The average molecular weight is 431 g/mol. The molecule has 0 unspecified atom stereocenters. The Balaban J connectivity index is 1.32. The van der Waals surface area contributed by atoms with Gasteiger partial charge in [-0.1, -0.05) is 66.7 Å². The minimum Gasteiger partial charge on any atom is -0.494 e. The molecule has 0 N–H and O–H groups in total. The molecule has 0 radical (unpaired) electrons. The summed E-state index contributed by atoms with van der Waals surface area (Å²) in [4.78, 5) is 0. The normalized spacial score (nSPS) is 12.4. The number of hydrogen-bond acceptors (Lipinski definition) is 4. The van der Waals surface area contributed by atoms with Gasteiger partial charge in [0.15, 0.2) is 0 Å². The Morgan fingerprint density at radius 2 is 1.33 bits per heavy atom. The van der Waals surface area contributed by atoms with Crippen molar-refractivity contribution in [1.29, 1.82) is 0 Å². The molecule has 6 rings (SSSR count). The fourth-order valence-corrected chi connectivity index (χ4v) is 4.67. The highest BCUT2D eigenvalue weighted by Gasteiger charge is 2.29. The van der Waals surface area contributed by atoms with Crippen molar-refractivity contribution < 1.29 is 9.15 Å². The van der Waals surface area contributed by atoms with E-state index >= 15 is 0 Å². The number of fused-ring (bicyclic) bond motifs is 3. The average Bonchev–Trinajstić information content (AvgIpc) is 3.48. The van der Waals surface area contributed by atoms with Crippen LogP contribution >= 0.6 is 0 Å². The fraction of sp³-hybridized carbons (Fsp3) is 0.103. The second-order valence-corrected chi connectivity index (χ2v) is 8.10. The van der Waals surface area contributed by atoms with E-state index in [9.17, 15) is 0 Å². The lowest BCUT2D eigenvalue weighted by atomic mass is 9.89. The molecular weight excluding hydrogens is 408 g/mol. The van der Waals surface area contributed by atoms with Crippen LogP contribution in [0.3, 0.4) is 0 Å². The topological polar surface area (TPSA) is 48.2 Å². The summed E-state index contributed by atoms with van der Waals surface area (Å²) in [6, 6.07) is 33.5. The predicted octanol–water partition coefficient (Wildman–Crippen LogP) is 6.96. The van der Waals surface area contributed by atoms with Gasteiger partial charge in [-0.2, -0.15) is 0 Å². The Kier molecular flexibility index (Phi) is 4.76. The molecule has 0 bridgehead atoms. The van der Waals surface area contributed by atoms with Crippen molar-refractivity contribution in [1.82, 2.24) is 10.2 Å². The Labute approximate surface area is 192 Å². The lowest BCUT2D eigenvalue weighted by molar-refractivity contribution is 0.340. The van der Waals surface area contributed by atoms with E-state index in [0.717, 1.165) is 16.9 Å². The first-order valence-corrected chi connectivity index (χ1v) is 11.2. The summed E-state index contributed by atoms with van der Waals surface area (Å²) in [5, 5.41) is 8.53. The standard InChI is InChI=1S/C29H22N2O2/c1-2-32-22-9-7-8-21(18-22)29-31-30-28(33-29)20-16-14-19(15-17-20)27-25-12-5-3-10-23(25)24-11-4-6-13-26(24)27/h3-18,27H,2H2,1H3. The molecule has 160 valence electrons. The predicted molar refractivity (Wildman–Crippen MR) is 129 cm³/mol. The second-order valence-electron chi connectivity index (χ2n) is 8.10. The van der Waals surface area contributed by atoms with Crippen molar-refractivity contribution in [3.05, 3.63) is 114 Å². The van der Waals surface area contributed by atoms with Crippen LogP contribution in [0.2, 0.25) is 0 Å². The van der Waals surface area contributed by atoms with E-state index < -0.39 is 0 Å². The molecule has 4 aromatic carbocycles. The highest BCUT2D eigenvalue weighted by molar-refractivity contribution is 5.80. The molecule has 1 aliphatic rings. The molecule has 0 fully saturated rings. The van der Waals surface area contributed by atoms with Gasteiger partial charge in [0.25, 0.3) is 0 Å². The molecule has 0 aliphatic heterocycles. The van der Waals surface area contributed by atoms with Crippen LogP contribution in [0.25, 0.3) is 34.0 Å². The summed E-state index contributed by atoms with van der Waals surface area (Å²) in [5.41, 5.74) is 8.33. The molecule has 5 aromatic rings. The number of aromatic nitrogens is 2. The van der Waals surface area contributed by atoms with Crippen molar-refractivity contribution in [3.63, 3.8) is 0 Å². The summed E-state index contributed by atoms with van der Waals surface area (Å²) in [6.07, 6.45) is 0. The minimum atomic E-state index is 0.228. The zero-order chi connectivity index (χ0) is 22.2. The highest BCUT2D eigenvalue weighted by atomic mass is 16.5. The first-order valence-electron chi connectivity index (χ1n) is 11.2. The highest BCUT2D eigenvalue weighted by Crippen LogP contribution is 2.47. The summed E-state index contributed by atoms with van der Waals surface area (Å²) < 4.78 is 11.6.